The molecule has 1 aromatic carbocycles. The van der Waals surface area contributed by atoms with Crippen LogP contribution in [0.5, 0.6) is 0 Å². The van der Waals surface area contributed by atoms with Crippen molar-refractivity contribution in [2.24, 2.45) is 0 Å². The van der Waals surface area contributed by atoms with Crippen LogP contribution < -0.4 is 10.6 Å². The Balaban J connectivity index is 1.81. The van der Waals surface area contributed by atoms with Crippen LogP contribution in [0.3, 0.4) is 0 Å². The molecular weight excluding hydrogens is 240 g/mol. The number of benzene rings is 1. The third-order valence-corrected chi connectivity index (χ3v) is 4.06. The third-order valence-electron chi connectivity index (χ3n) is 3.12. The third kappa shape index (κ3) is 2.47. The van der Waals surface area contributed by atoms with Crippen molar-refractivity contribution in [2.75, 3.05) is 6.54 Å². The van der Waals surface area contributed by atoms with Gasteiger partial charge in [0, 0.05) is 23.4 Å². The van der Waals surface area contributed by atoms with E-state index < -0.39 is 0 Å². The number of hydrogen-bond acceptors (Lipinski definition) is 3. The summed E-state index contributed by atoms with van der Waals surface area (Å²) in [5.74, 6) is 0. The molecule has 1 aliphatic rings. The number of thiophene rings is 1. The monoisotopic (exact) mass is 256 g/mol. The molecule has 0 saturated carbocycles. The molecule has 0 spiro atoms. The maximum atomic E-state index is 3.46. The Bertz CT molecular complexity index is 530. The molecule has 3 heteroatoms. The Kier molecular flexibility index (Phi) is 3.44. The van der Waals surface area contributed by atoms with Crippen LogP contribution in [-0.2, 0) is 6.42 Å². The summed E-state index contributed by atoms with van der Waals surface area (Å²) in [6, 6.07) is 12.8. The molecule has 2 aromatic rings. The fourth-order valence-electron chi connectivity index (χ4n) is 2.20. The lowest BCUT2D eigenvalue weighted by molar-refractivity contribution is 0.497. The molecule has 0 bridgehead atoms. The molecular formula is C15H16N2S. The smallest absolute Gasteiger partial charge is 0.104 e. The van der Waals surface area contributed by atoms with Gasteiger partial charge in [-0.1, -0.05) is 36.4 Å². The van der Waals surface area contributed by atoms with Crippen LogP contribution >= 0.6 is 11.3 Å². The highest BCUT2D eigenvalue weighted by Gasteiger charge is 2.15. The first-order valence-electron chi connectivity index (χ1n) is 6.18. The van der Waals surface area contributed by atoms with Gasteiger partial charge in [0.25, 0.3) is 0 Å². The van der Waals surface area contributed by atoms with Gasteiger partial charge in [-0.25, -0.2) is 0 Å². The van der Waals surface area contributed by atoms with E-state index in [1.807, 2.05) is 17.5 Å². The second kappa shape index (κ2) is 5.38. The second-order valence-electron chi connectivity index (χ2n) is 4.37. The molecule has 2 heterocycles. The van der Waals surface area contributed by atoms with Gasteiger partial charge in [0.05, 0.1) is 0 Å². The van der Waals surface area contributed by atoms with E-state index in [4.69, 9.17) is 0 Å². The van der Waals surface area contributed by atoms with Crippen molar-refractivity contribution in [3.05, 3.63) is 70.1 Å². The lowest BCUT2D eigenvalue weighted by Gasteiger charge is -2.22. The van der Waals surface area contributed by atoms with E-state index in [1.165, 1.54) is 16.0 Å². The van der Waals surface area contributed by atoms with E-state index in [0.717, 1.165) is 13.0 Å². The largest absolute Gasteiger partial charge is 0.372 e. The number of hydrogen-bond donors (Lipinski definition) is 2. The van der Waals surface area contributed by atoms with Gasteiger partial charge in [-0.15, -0.1) is 11.3 Å². The minimum absolute atomic E-state index is 0.250. The molecule has 3 rings (SSSR count). The highest BCUT2D eigenvalue weighted by Crippen LogP contribution is 2.25. The van der Waals surface area contributed by atoms with Gasteiger partial charge >= 0.3 is 0 Å². The fraction of sp³-hybridized carbons (Fsp3) is 0.200. The lowest BCUT2D eigenvalue weighted by Crippen LogP contribution is -2.34. The first kappa shape index (κ1) is 11.5. The molecule has 2 N–H and O–H groups in total. The Hall–Kier alpha value is -1.58. The average Bonchev–Trinajstić information content (AvgIpc) is 2.89. The van der Waals surface area contributed by atoms with E-state index >= 15 is 0 Å². The second-order valence-corrected chi connectivity index (χ2v) is 5.37. The maximum Gasteiger partial charge on any atom is 0.104 e. The van der Waals surface area contributed by atoms with Crippen molar-refractivity contribution in [1.82, 2.24) is 10.6 Å². The first-order chi connectivity index (χ1) is 8.93. The zero-order valence-electron chi connectivity index (χ0n) is 10.1. The molecule has 2 nitrogen and oxygen atoms in total. The summed E-state index contributed by atoms with van der Waals surface area (Å²) in [5.41, 5.74) is 2.74. The van der Waals surface area contributed by atoms with E-state index in [-0.39, 0.29) is 6.17 Å². The van der Waals surface area contributed by atoms with Crippen molar-refractivity contribution in [3.63, 3.8) is 0 Å². The molecule has 18 heavy (non-hydrogen) atoms. The van der Waals surface area contributed by atoms with Gasteiger partial charge in [-0.05, 0) is 23.2 Å². The van der Waals surface area contributed by atoms with Crippen molar-refractivity contribution in [1.29, 1.82) is 0 Å². The van der Waals surface area contributed by atoms with E-state index in [0.29, 0.717) is 0 Å². The molecule has 1 unspecified atom stereocenters. The van der Waals surface area contributed by atoms with Gasteiger partial charge in [0.15, 0.2) is 0 Å². The molecule has 92 valence electrons. The average molecular weight is 256 g/mol. The first-order valence-corrected chi connectivity index (χ1v) is 7.06. The minimum Gasteiger partial charge on any atom is -0.372 e. The maximum absolute atomic E-state index is 3.46. The van der Waals surface area contributed by atoms with Crippen molar-refractivity contribution < 1.29 is 0 Å². The summed E-state index contributed by atoms with van der Waals surface area (Å²) >= 11 is 1.83. The lowest BCUT2D eigenvalue weighted by atomic mass is 10.1. The molecule has 0 amide bonds. The molecule has 0 saturated heterocycles. The number of rotatable bonds is 3. The van der Waals surface area contributed by atoms with Gasteiger partial charge in [0.1, 0.15) is 6.17 Å². The van der Waals surface area contributed by atoms with Crippen LogP contribution in [-0.4, -0.2) is 6.54 Å². The van der Waals surface area contributed by atoms with Gasteiger partial charge in [-0.2, -0.15) is 0 Å². The molecule has 1 atom stereocenters. The summed E-state index contributed by atoms with van der Waals surface area (Å²) in [5, 5.41) is 8.99. The molecule has 1 aromatic heterocycles. The molecule has 0 fully saturated rings. The van der Waals surface area contributed by atoms with Gasteiger partial charge in [-0.3, -0.25) is 5.32 Å². The van der Waals surface area contributed by atoms with E-state index in [9.17, 15) is 0 Å². The summed E-state index contributed by atoms with van der Waals surface area (Å²) in [7, 11) is 0. The van der Waals surface area contributed by atoms with E-state index in [2.05, 4.69) is 58.5 Å². The summed E-state index contributed by atoms with van der Waals surface area (Å²) in [6.07, 6.45) is 5.39. The molecule has 0 aliphatic carbocycles. The summed E-state index contributed by atoms with van der Waals surface area (Å²) in [4.78, 5) is 1.43. The Morgan fingerprint density at radius 1 is 1.17 bits per heavy atom. The summed E-state index contributed by atoms with van der Waals surface area (Å²) < 4.78 is 0. The normalized spacial score (nSPS) is 18.6. The summed E-state index contributed by atoms with van der Waals surface area (Å²) in [6.45, 7) is 0.929. The van der Waals surface area contributed by atoms with Crippen molar-refractivity contribution in [2.45, 2.75) is 12.6 Å². The molecule has 1 aliphatic heterocycles. The Morgan fingerprint density at radius 2 is 2.06 bits per heavy atom. The fourth-order valence-corrected chi connectivity index (χ4v) is 3.15. The van der Waals surface area contributed by atoms with Crippen LogP contribution in [0.25, 0.3) is 0 Å². The highest BCUT2D eigenvalue weighted by atomic mass is 32.1. The van der Waals surface area contributed by atoms with Gasteiger partial charge < -0.3 is 5.32 Å². The topological polar surface area (TPSA) is 24.1 Å². The van der Waals surface area contributed by atoms with Crippen LogP contribution in [0.15, 0.2) is 54.1 Å². The van der Waals surface area contributed by atoms with Crippen LogP contribution in [0.1, 0.15) is 22.2 Å². The predicted molar refractivity (Wildman–Crippen MR) is 76.6 cm³/mol. The SMILES string of the molecule is C1=CNC(c2ccsc2Cc2ccccc2)NC1. The zero-order chi connectivity index (χ0) is 12.2. The Morgan fingerprint density at radius 3 is 2.83 bits per heavy atom. The van der Waals surface area contributed by atoms with Crippen LogP contribution in [0.2, 0.25) is 0 Å². The standard InChI is InChI=1S/C15H16N2S/c1-2-5-12(6-3-1)11-14-13(7-10-18-14)15-16-8-4-9-17-15/h1-8,10,15-17H,9,11H2. The van der Waals surface area contributed by atoms with Gasteiger partial charge in [0.2, 0.25) is 0 Å². The molecule has 0 radical (unpaired) electrons. The van der Waals surface area contributed by atoms with Crippen molar-refractivity contribution in [3.8, 4) is 0 Å². The Labute approximate surface area is 111 Å². The number of nitrogens with one attached hydrogen (secondary N) is 2. The van der Waals surface area contributed by atoms with Crippen LogP contribution in [0, 0.1) is 0 Å². The van der Waals surface area contributed by atoms with Crippen molar-refractivity contribution >= 4 is 11.3 Å². The van der Waals surface area contributed by atoms with Crippen LogP contribution in [0.4, 0.5) is 0 Å². The predicted octanol–water partition coefficient (Wildman–Crippen LogP) is 3.04. The minimum atomic E-state index is 0.250. The van der Waals surface area contributed by atoms with E-state index in [1.54, 1.807) is 0 Å². The highest BCUT2D eigenvalue weighted by molar-refractivity contribution is 7.10. The quantitative estimate of drug-likeness (QED) is 0.882. The zero-order valence-corrected chi connectivity index (χ0v) is 10.9.